The number of carbonyl (C=O) groups excluding carboxylic acids is 1. The standard InChI is InChI=1S/C16H14ClN5O2S/c1-2-19-14(23)11-7-9-12(20-16(18)21-15(9)25-11)13(22-24)8-5-3-4-6-10(8)17/h3-7,13H,2H2,1H3,(H,19,23)(H2,18,20,21). The van der Waals surface area contributed by atoms with Gasteiger partial charge in [-0.2, -0.15) is 0 Å². The molecule has 0 saturated carbocycles. The Kier molecular flexibility index (Phi) is 4.91. The number of rotatable bonds is 5. The number of nitroso groups, excluding NO2 is 1. The van der Waals surface area contributed by atoms with Gasteiger partial charge in [-0.25, -0.2) is 9.97 Å². The van der Waals surface area contributed by atoms with E-state index in [9.17, 15) is 9.70 Å². The first kappa shape index (κ1) is 17.2. The minimum absolute atomic E-state index is 0.00695. The highest BCUT2D eigenvalue weighted by atomic mass is 35.5. The van der Waals surface area contributed by atoms with Gasteiger partial charge in [0.15, 0.2) is 6.04 Å². The number of halogens is 1. The number of hydrogen-bond acceptors (Lipinski definition) is 7. The Morgan fingerprint density at radius 1 is 1.40 bits per heavy atom. The van der Waals surface area contributed by atoms with Gasteiger partial charge in [0.25, 0.3) is 5.91 Å². The maximum atomic E-state index is 12.1. The second-order valence-corrected chi connectivity index (χ2v) is 6.62. The van der Waals surface area contributed by atoms with E-state index in [1.165, 1.54) is 11.3 Å². The van der Waals surface area contributed by atoms with Gasteiger partial charge in [-0.05, 0) is 19.1 Å². The lowest BCUT2D eigenvalue weighted by molar-refractivity contribution is 0.0960. The highest BCUT2D eigenvalue weighted by molar-refractivity contribution is 7.20. The number of carbonyl (C=O) groups is 1. The summed E-state index contributed by atoms with van der Waals surface area (Å²) in [4.78, 5) is 33.0. The molecule has 0 aliphatic heterocycles. The molecule has 0 bridgehead atoms. The van der Waals surface area contributed by atoms with E-state index >= 15 is 0 Å². The van der Waals surface area contributed by atoms with Crippen LogP contribution >= 0.6 is 22.9 Å². The molecule has 3 rings (SSSR count). The summed E-state index contributed by atoms with van der Waals surface area (Å²) in [6.07, 6.45) is 0. The third-order valence-electron chi connectivity index (χ3n) is 3.56. The molecule has 9 heteroatoms. The Balaban J connectivity index is 2.19. The van der Waals surface area contributed by atoms with E-state index in [4.69, 9.17) is 17.3 Å². The zero-order chi connectivity index (χ0) is 18.0. The number of benzene rings is 1. The van der Waals surface area contributed by atoms with Crippen LogP contribution in [0.1, 0.15) is 33.9 Å². The molecular weight excluding hydrogens is 362 g/mol. The van der Waals surface area contributed by atoms with E-state index in [1.54, 1.807) is 30.3 Å². The van der Waals surface area contributed by atoms with Crippen molar-refractivity contribution in [3.63, 3.8) is 0 Å². The monoisotopic (exact) mass is 375 g/mol. The maximum absolute atomic E-state index is 12.1. The van der Waals surface area contributed by atoms with Crippen molar-refractivity contribution in [1.29, 1.82) is 0 Å². The Morgan fingerprint density at radius 3 is 2.84 bits per heavy atom. The van der Waals surface area contributed by atoms with Crippen molar-refractivity contribution in [2.45, 2.75) is 13.0 Å². The largest absolute Gasteiger partial charge is 0.368 e. The number of nitrogens with one attached hydrogen (secondary N) is 1. The van der Waals surface area contributed by atoms with E-state index in [0.29, 0.717) is 37.9 Å². The lowest BCUT2D eigenvalue weighted by Gasteiger charge is -2.12. The molecule has 0 aliphatic rings. The maximum Gasteiger partial charge on any atom is 0.261 e. The predicted octanol–water partition coefficient (Wildman–Crippen LogP) is 3.53. The van der Waals surface area contributed by atoms with Gasteiger partial charge in [0, 0.05) is 22.5 Å². The van der Waals surface area contributed by atoms with Crippen LogP contribution in [0.3, 0.4) is 0 Å². The number of nitrogen functional groups attached to an aromatic ring is 1. The molecule has 128 valence electrons. The zero-order valence-corrected chi connectivity index (χ0v) is 14.8. The summed E-state index contributed by atoms with van der Waals surface area (Å²) >= 11 is 7.38. The van der Waals surface area contributed by atoms with Crippen LogP contribution in [0.15, 0.2) is 35.5 Å². The van der Waals surface area contributed by atoms with E-state index in [1.807, 2.05) is 6.92 Å². The van der Waals surface area contributed by atoms with Crippen LogP contribution in [0.5, 0.6) is 0 Å². The summed E-state index contributed by atoms with van der Waals surface area (Å²) in [6, 6.07) is 7.59. The lowest BCUT2D eigenvalue weighted by atomic mass is 10.0. The molecule has 3 aromatic rings. The van der Waals surface area contributed by atoms with Gasteiger partial charge in [-0.1, -0.05) is 35.0 Å². The Labute approximate surface area is 152 Å². The highest BCUT2D eigenvalue weighted by Gasteiger charge is 2.24. The average Bonchev–Trinajstić information content (AvgIpc) is 3.01. The molecule has 0 radical (unpaired) electrons. The quantitative estimate of drug-likeness (QED) is 0.662. The predicted molar refractivity (Wildman–Crippen MR) is 98.9 cm³/mol. The van der Waals surface area contributed by atoms with Gasteiger partial charge < -0.3 is 11.1 Å². The van der Waals surface area contributed by atoms with Gasteiger partial charge >= 0.3 is 0 Å². The zero-order valence-electron chi connectivity index (χ0n) is 13.2. The summed E-state index contributed by atoms with van der Waals surface area (Å²) in [7, 11) is 0. The van der Waals surface area contributed by atoms with E-state index in [-0.39, 0.29) is 11.9 Å². The minimum Gasteiger partial charge on any atom is -0.368 e. The molecule has 2 aromatic heterocycles. The first-order chi connectivity index (χ1) is 12.0. The number of amides is 1. The smallest absolute Gasteiger partial charge is 0.261 e. The van der Waals surface area contributed by atoms with Gasteiger partial charge in [-0.3, -0.25) is 4.79 Å². The SMILES string of the molecule is CCNC(=O)c1cc2c(C(N=O)c3ccccc3Cl)nc(N)nc2s1. The molecule has 1 amide bonds. The third kappa shape index (κ3) is 3.31. The van der Waals surface area contributed by atoms with Crippen molar-refractivity contribution in [3.8, 4) is 0 Å². The number of anilines is 1. The molecule has 0 aliphatic carbocycles. The van der Waals surface area contributed by atoms with Crippen molar-refractivity contribution in [1.82, 2.24) is 15.3 Å². The molecule has 0 spiro atoms. The first-order valence-corrected chi connectivity index (χ1v) is 8.66. The van der Waals surface area contributed by atoms with Crippen LogP contribution in [0.4, 0.5) is 5.95 Å². The molecule has 0 fully saturated rings. The summed E-state index contributed by atoms with van der Waals surface area (Å²) in [5.74, 6) is -0.212. The van der Waals surface area contributed by atoms with Crippen molar-refractivity contribution in [3.05, 3.63) is 56.4 Å². The molecule has 25 heavy (non-hydrogen) atoms. The topological polar surface area (TPSA) is 110 Å². The molecule has 7 nitrogen and oxygen atoms in total. The summed E-state index contributed by atoms with van der Waals surface area (Å²) in [5.41, 5.74) is 6.63. The van der Waals surface area contributed by atoms with Crippen molar-refractivity contribution in [2.24, 2.45) is 5.18 Å². The molecular formula is C16H14ClN5O2S. The molecule has 2 heterocycles. The van der Waals surface area contributed by atoms with Gasteiger partial charge in [0.05, 0.1) is 10.6 Å². The lowest BCUT2D eigenvalue weighted by Crippen LogP contribution is -2.21. The number of nitrogens with zero attached hydrogens (tertiary/aromatic N) is 3. The fourth-order valence-corrected chi connectivity index (χ4v) is 3.68. The molecule has 3 N–H and O–H groups in total. The summed E-state index contributed by atoms with van der Waals surface area (Å²) in [5, 5.41) is 6.88. The number of fused-ring (bicyclic) bond motifs is 1. The highest BCUT2D eigenvalue weighted by Crippen LogP contribution is 2.36. The van der Waals surface area contributed by atoms with Gasteiger partial charge in [-0.15, -0.1) is 16.2 Å². The Morgan fingerprint density at radius 2 is 2.16 bits per heavy atom. The number of aromatic nitrogens is 2. The van der Waals surface area contributed by atoms with Crippen molar-refractivity contribution >= 4 is 45.0 Å². The Bertz CT molecular complexity index is 959. The van der Waals surface area contributed by atoms with Gasteiger partial charge in [0.1, 0.15) is 4.83 Å². The van der Waals surface area contributed by atoms with Crippen LogP contribution in [-0.2, 0) is 0 Å². The summed E-state index contributed by atoms with van der Waals surface area (Å²) in [6.45, 7) is 2.34. The number of thiophene rings is 1. The average molecular weight is 376 g/mol. The van der Waals surface area contributed by atoms with E-state index in [0.717, 1.165) is 0 Å². The van der Waals surface area contributed by atoms with Crippen LogP contribution < -0.4 is 11.1 Å². The Hall–Kier alpha value is -2.58. The molecule has 1 aromatic carbocycles. The van der Waals surface area contributed by atoms with Crippen LogP contribution in [0, 0.1) is 4.91 Å². The summed E-state index contributed by atoms with van der Waals surface area (Å²) < 4.78 is 0. The number of nitrogens with two attached hydrogens (primary N) is 1. The second-order valence-electron chi connectivity index (χ2n) is 5.19. The minimum atomic E-state index is -0.946. The third-order valence-corrected chi connectivity index (χ3v) is 4.94. The van der Waals surface area contributed by atoms with Crippen LogP contribution in [0.25, 0.3) is 10.2 Å². The van der Waals surface area contributed by atoms with E-state index in [2.05, 4.69) is 20.5 Å². The van der Waals surface area contributed by atoms with Crippen LogP contribution in [0.2, 0.25) is 5.02 Å². The first-order valence-electron chi connectivity index (χ1n) is 7.47. The van der Waals surface area contributed by atoms with Crippen LogP contribution in [-0.4, -0.2) is 22.4 Å². The molecule has 0 saturated heterocycles. The molecule has 1 atom stereocenters. The fourth-order valence-electron chi connectivity index (χ4n) is 2.48. The fraction of sp³-hybridized carbons (Fsp3) is 0.188. The normalized spacial score (nSPS) is 12.1. The van der Waals surface area contributed by atoms with Gasteiger partial charge in [0.2, 0.25) is 5.95 Å². The van der Waals surface area contributed by atoms with E-state index < -0.39 is 6.04 Å². The molecule has 1 unspecified atom stereocenters. The van der Waals surface area contributed by atoms with Crippen molar-refractivity contribution in [2.75, 3.05) is 12.3 Å². The van der Waals surface area contributed by atoms with Crippen molar-refractivity contribution < 1.29 is 4.79 Å². The number of hydrogen-bond donors (Lipinski definition) is 2. The second kappa shape index (κ2) is 7.12.